The maximum Gasteiger partial charge on any atom is 0.253 e. The highest BCUT2D eigenvalue weighted by molar-refractivity contribution is 6.30. The molecular formula is C19H17ClN4O2. The molecule has 0 radical (unpaired) electrons. The average Bonchev–Trinajstić information content (AvgIpc) is 3.01. The van der Waals surface area contributed by atoms with Crippen LogP contribution in [0.4, 0.5) is 0 Å². The molecule has 0 bridgehead atoms. The van der Waals surface area contributed by atoms with Crippen LogP contribution in [0.1, 0.15) is 28.8 Å². The zero-order valence-corrected chi connectivity index (χ0v) is 14.6. The third-order valence-electron chi connectivity index (χ3n) is 5.69. The zero-order chi connectivity index (χ0) is 17.9. The number of imidazole rings is 1. The van der Waals surface area contributed by atoms with Gasteiger partial charge < -0.3 is 14.8 Å². The first kappa shape index (κ1) is 15.8. The summed E-state index contributed by atoms with van der Waals surface area (Å²) >= 11 is 6.21. The summed E-state index contributed by atoms with van der Waals surface area (Å²) in [5, 5.41) is 14.9. The summed E-state index contributed by atoms with van der Waals surface area (Å²) < 4.78 is 1.83. The molecule has 3 aromatic rings. The average molecular weight is 369 g/mol. The molecule has 0 aromatic carbocycles. The molecule has 2 fully saturated rings. The molecule has 2 N–H and O–H groups in total. The lowest BCUT2D eigenvalue weighted by Gasteiger charge is -2.27. The summed E-state index contributed by atoms with van der Waals surface area (Å²) in [6, 6.07) is 5.44. The number of rotatable bonds is 3. The van der Waals surface area contributed by atoms with E-state index in [2.05, 4.69) is 15.3 Å². The van der Waals surface area contributed by atoms with E-state index < -0.39 is 5.60 Å². The molecule has 2 saturated carbocycles. The lowest BCUT2D eigenvalue weighted by molar-refractivity contribution is 0.0289. The predicted molar refractivity (Wildman–Crippen MR) is 95.8 cm³/mol. The van der Waals surface area contributed by atoms with E-state index in [9.17, 15) is 9.90 Å². The van der Waals surface area contributed by atoms with E-state index in [0.29, 0.717) is 23.4 Å². The quantitative estimate of drug-likeness (QED) is 0.744. The third-order valence-corrected chi connectivity index (χ3v) is 5.89. The molecule has 132 valence electrons. The number of carbonyl (C=O) groups is 1. The second kappa shape index (κ2) is 5.53. The van der Waals surface area contributed by atoms with Crippen molar-refractivity contribution < 1.29 is 9.90 Å². The zero-order valence-electron chi connectivity index (χ0n) is 13.8. The summed E-state index contributed by atoms with van der Waals surface area (Å²) in [6.45, 7) is 0. The van der Waals surface area contributed by atoms with Crippen LogP contribution in [0.5, 0.6) is 0 Å². The van der Waals surface area contributed by atoms with Gasteiger partial charge in [-0.1, -0.05) is 11.6 Å². The summed E-state index contributed by atoms with van der Waals surface area (Å²) in [5.41, 5.74) is 1.31. The number of pyridine rings is 2. The molecule has 3 heterocycles. The van der Waals surface area contributed by atoms with Crippen LogP contribution in [0.2, 0.25) is 5.02 Å². The van der Waals surface area contributed by atoms with Crippen LogP contribution < -0.4 is 5.32 Å². The fourth-order valence-electron chi connectivity index (χ4n) is 4.40. The SMILES string of the molecule is O=C(N[C@H]1[C@@H]2C[C@](O)(c3cc(Cl)cn4cncc34)C[C@@H]21)c1cccnc1. The minimum Gasteiger partial charge on any atom is -0.385 e. The van der Waals surface area contributed by atoms with Crippen molar-refractivity contribution in [2.24, 2.45) is 11.8 Å². The molecule has 5 rings (SSSR count). The number of nitrogens with one attached hydrogen (secondary N) is 1. The number of fused-ring (bicyclic) bond motifs is 2. The third kappa shape index (κ3) is 2.40. The van der Waals surface area contributed by atoms with Crippen LogP contribution >= 0.6 is 11.6 Å². The van der Waals surface area contributed by atoms with Crippen LogP contribution in [-0.4, -0.2) is 31.4 Å². The van der Waals surface area contributed by atoms with Crippen LogP contribution in [-0.2, 0) is 5.60 Å². The molecule has 1 amide bonds. The molecule has 26 heavy (non-hydrogen) atoms. The number of carbonyl (C=O) groups excluding carboxylic acids is 1. The molecule has 6 nitrogen and oxygen atoms in total. The minimum absolute atomic E-state index is 0.109. The Morgan fingerprint density at radius 3 is 2.85 bits per heavy atom. The van der Waals surface area contributed by atoms with Crippen LogP contribution in [0.3, 0.4) is 0 Å². The summed E-state index contributed by atoms with van der Waals surface area (Å²) in [4.78, 5) is 20.4. The Morgan fingerprint density at radius 1 is 1.31 bits per heavy atom. The van der Waals surface area contributed by atoms with Crippen molar-refractivity contribution in [1.82, 2.24) is 19.7 Å². The summed E-state index contributed by atoms with van der Waals surface area (Å²) in [6.07, 6.45) is 9.63. The highest BCUT2D eigenvalue weighted by Crippen LogP contribution is 2.60. The molecule has 7 heteroatoms. The second-order valence-corrected chi connectivity index (χ2v) is 7.70. The van der Waals surface area contributed by atoms with Crippen molar-refractivity contribution in [3.05, 3.63) is 65.5 Å². The van der Waals surface area contributed by atoms with E-state index in [4.69, 9.17) is 11.6 Å². The molecule has 0 unspecified atom stereocenters. The molecule has 3 aromatic heterocycles. The lowest BCUT2D eigenvalue weighted by Crippen LogP contribution is -2.33. The maximum atomic E-state index is 12.3. The standard InChI is InChI=1S/C19H17ClN4O2/c20-12-4-15(16-8-22-10-24(16)9-12)19(26)5-13-14(6-19)17(13)23-18(25)11-2-1-3-21-7-11/h1-4,7-10,13-14,17,26H,5-6H2,(H,23,25)/t13-,14+,17+,19-. The maximum absolute atomic E-state index is 12.3. The van der Waals surface area contributed by atoms with Crippen molar-refractivity contribution in [2.75, 3.05) is 0 Å². The Kier molecular flexibility index (Phi) is 3.36. The predicted octanol–water partition coefficient (Wildman–Crippen LogP) is 2.41. The highest BCUT2D eigenvalue weighted by Gasteiger charge is 2.62. The van der Waals surface area contributed by atoms with Gasteiger partial charge in [-0.05, 0) is 42.9 Å². The number of aliphatic hydroxyl groups is 1. The Hall–Kier alpha value is -2.44. The fourth-order valence-corrected chi connectivity index (χ4v) is 4.62. The Bertz CT molecular complexity index is 991. The number of amides is 1. The van der Waals surface area contributed by atoms with Crippen molar-refractivity contribution in [1.29, 1.82) is 0 Å². The van der Waals surface area contributed by atoms with Gasteiger partial charge in [0.2, 0.25) is 0 Å². The number of hydrogen-bond acceptors (Lipinski definition) is 4. The smallest absolute Gasteiger partial charge is 0.253 e. The van der Waals surface area contributed by atoms with Gasteiger partial charge >= 0.3 is 0 Å². The van der Waals surface area contributed by atoms with Crippen molar-refractivity contribution in [2.45, 2.75) is 24.5 Å². The summed E-state index contributed by atoms with van der Waals surface area (Å²) in [7, 11) is 0. The van der Waals surface area contributed by atoms with E-state index in [1.807, 2.05) is 10.5 Å². The van der Waals surface area contributed by atoms with Crippen LogP contribution in [0.15, 0.2) is 49.3 Å². The molecule has 0 spiro atoms. The first-order valence-corrected chi connectivity index (χ1v) is 8.98. The molecule has 0 saturated heterocycles. The van der Waals surface area contributed by atoms with Crippen LogP contribution in [0.25, 0.3) is 5.52 Å². The first-order valence-electron chi connectivity index (χ1n) is 8.60. The van der Waals surface area contributed by atoms with Crippen molar-refractivity contribution in [3.8, 4) is 0 Å². The molecule has 0 aliphatic heterocycles. The monoisotopic (exact) mass is 368 g/mol. The molecular weight excluding hydrogens is 352 g/mol. The van der Waals surface area contributed by atoms with Gasteiger partial charge in [0.1, 0.15) is 0 Å². The molecule has 2 aliphatic rings. The van der Waals surface area contributed by atoms with E-state index in [1.165, 1.54) is 0 Å². The number of aromatic nitrogens is 3. The number of halogens is 1. The van der Waals surface area contributed by atoms with Gasteiger partial charge in [0.15, 0.2) is 0 Å². The fraction of sp³-hybridized carbons (Fsp3) is 0.316. The van der Waals surface area contributed by atoms with Gasteiger partial charge in [0, 0.05) is 30.2 Å². The summed E-state index contributed by atoms with van der Waals surface area (Å²) in [5.74, 6) is 0.451. The first-order chi connectivity index (χ1) is 12.5. The van der Waals surface area contributed by atoms with Gasteiger partial charge in [0.25, 0.3) is 5.91 Å². The molecule has 2 aliphatic carbocycles. The van der Waals surface area contributed by atoms with E-state index >= 15 is 0 Å². The largest absolute Gasteiger partial charge is 0.385 e. The van der Waals surface area contributed by atoms with Gasteiger partial charge in [-0.2, -0.15) is 0 Å². The molecule has 4 atom stereocenters. The van der Waals surface area contributed by atoms with Gasteiger partial charge in [-0.15, -0.1) is 0 Å². The van der Waals surface area contributed by atoms with Crippen molar-refractivity contribution in [3.63, 3.8) is 0 Å². The Labute approximate surface area is 154 Å². The highest BCUT2D eigenvalue weighted by atomic mass is 35.5. The van der Waals surface area contributed by atoms with E-state index in [0.717, 1.165) is 11.1 Å². The minimum atomic E-state index is -0.933. The van der Waals surface area contributed by atoms with Gasteiger partial charge in [0.05, 0.1) is 34.2 Å². The Balaban J connectivity index is 1.34. The number of nitrogens with zero attached hydrogens (tertiary/aromatic N) is 3. The van der Waals surface area contributed by atoms with Crippen LogP contribution in [0, 0.1) is 11.8 Å². The Morgan fingerprint density at radius 2 is 2.12 bits per heavy atom. The lowest BCUT2D eigenvalue weighted by atomic mass is 9.88. The normalized spacial score (nSPS) is 29.5. The van der Waals surface area contributed by atoms with E-state index in [-0.39, 0.29) is 23.8 Å². The van der Waals surface area contributed by atoms with Crippen molar-refractivity contribution >= 4 is 23.0 Å². The van der Waals surface area contributed by atoms with Gasteiger partial charge in [-0.25, -0.2) is 4.98 Å². The van der Waals surface area contributed by atoms with E-state index in [1.54, 1.807) is 43.2 Å². The topological polar surface area (TPSA) is 79.5 Å². The number of hydrogen-bond donors (Lipinski definition) is 2. The van der Waals surface area contributed by atoms with Gasteiger partial charge in [-0.3, -0.25) is 9.78 Å². The second-order valence-electron chi connectivity index (χ2n) is 7.27.